The van der Waals surface area contributed by atoms with Crippen molar-refractivity contribution in [2.45, 2.75) is 27.2 Å². The molecule has 0 heterocycles. The first-order valence-corrected chi connectivity index (χ1v) is 3.94. The molecule has 0 radical (unpaired) electrons. The molecule has 1 heteroatoms. The van der Waals surface area contributed by atoms with Gasteiger partial charge in [0.1, 0.15) is 0 Å². The molecule has 0 amide bonds. The molecule has 0 aliphatic heterocycles. The second-order valence-electron chi connectivity index (χ2n) is 3.20. The molecular weight excluding hydrogens is 124 g/mol. The quantitative estimate of drug-likeness (QED) is 0.597. The Hall–Kier alpha value is -0.300. The van der Waals surface area contributed by atoms with Gasteiger partial charge in [0, 0.05) is 6.61 Å². The van der Waals surface area contributed by atoms with E-state index in [0.717, 1.165) is 6.42 Å². The van der Waals surface area contributed by atoms with E-state index in [4.69, 9.17) is 5.11 Å². The van der Waals surface area contributed by atoms with Crippen molar-refractivity contribution >= 4 is 0 Å². The Morgan fingerprint density at radius 2 is 1.90 bits per heavy atom. The zero-order valence-corrected chi connectivity index (χ0v) is 7.17. The van der Waals surface area contributed by atoms with Crippen LogP contribution < -0.4 is 0 Å². The van der Waals surface area contributed by atoms with Crippen molar-refractivity contribution < 1.29 is 5.11 Å². The van der Waals surface area contributed by atoms with Crippen LogP contribution in [0.1, 0.15) is 27.2 Å². The zero-order valence-electron chi connectivity index (χ0n) is 7.17. The minimum absolute atomic E-state index is 0.294. The summed E-state index contributed by atoms with van der Waals surface area (Å²) in [5, 5.41) is 8.67. The van der Waals surface area contributed by atoms with Gasteiger partial charge < -0.3 is 5.11 Å². The van der Waals surface area contributed by atoms with Gasteiger partial charge in [-0.2, -0.15) is 0 Å². The molecule has 0 aliphatic carbocycles. The van der Waals surface area contributed by atoms with E-state index in [1.54, 1.807) is 0 Å². The summed E-state index contributed by atoms with van der Waals surface area (Å²) in [7, 11) is 0. The van der Waals surface area contributed by atoms with Crippen LogP contribution in [-0.2, 0) is 0 Å². The van der Waals surface area contributed by atoms with Crippen molar-refractivity contribution in [2.75, 3.05) is 6.61 Å². The highest BCUT2D eigenvalue weighted by Crippen LogP contribution is 2.03. The van der Waals surface area contributed by atoms with Crippen LogP contribution >= 0.6 is 0 Å². The summed E-state index contributed by atoms with van der Waals surface area (Å²) >= 11 is 0. The molecule has 60 valence electrons. The monoisotopic (exact) mass is 142 g/mol. The van der Waals surface area contributed by atoms with Crippen molar-refractivity contribution in [1.29, 1.82) is 0 Å². The van der Waals surface area contributed by atoms with E-state index in [-0.39, 0.29) is 0 Å². The third kappa shape index (κ3) is 5.83. The van der Waals surface area contributed by atoms with E-state index >= 15 is 0 Å². The lowest BCUT2D eigenvalue weighted by Crippen LogP contribution is -1.97. The van der Waals surface area contributed by atoms with Gasteiger partial charge in [0.15, 0.2) is 0 Å². The van der Waals surface area contributed by atoms with Crippen LogP contribution in [0.4, 0.5) is 0 Å². The molecular formula is C9H18O. The molecule has 0 unspecified atom stereocenters. The first-order chi connectivity index (χ1) is 4.66. The zero-order chi connectivity index (χ0) is 7.98. The Kier molecular flexibility index (Phi) is 5.32. The summed E-state index contributed by atoms with van der Waals surface area (Å²) in [6.45, 7) is 6.65. The number of rotatable bonds is 4. The second kappa shape index (κ2) is 5.48. The Labute approximate surface area is 63.8 Å². The molecule has 1 nitrogen and oxygen atoms in total. The van der Waals surface area contributed by atoms with E-state index in [0.29, 0.717) is 18.4 Å². The predicted molar refractivity (Wildman–Crippen MR) is 44.8 cm³/mol. The fourth-order valence-electron chi connectivity index (χ4n) is 0.658. The topological polar surface area (TPSA) is 20.2 Å². The van der Waals surface area contributed by atoms with Crippen LogP contribution in [0.15, 0.2) is 12.2 Å². The first kappa shape index (κ1) is 9.70. The molecule has 0 aromatic heterocycles. The van der Waals surface area contributed by atoms with E-state index in [1.165, 1.54) is 0 Å². The van der Waals surface area contributed by atoms with Gasteiger partial charge in [0.05, 0.1) is 0 Å². The standard InChI is InChI=1S/C9H18O/c1-8(2)5-4-6-9(3)7-10/h4-5,8-10H,6-7H2,1-3H3/t9-/m0/s1. The van der Waals surface area contributed by atoms with Gasteiger partial charge in [0.25, 0.3) is 0 Å². The van der Waals surface area contributed by atoms with Crippen molar-refractivity contribution in [1.82, 2.24) is 0 Å². The number of hydrogen-bond acceptors (Lipinski definition) is 1. The summed E-state index contributed by atoms with van der Waals surface area (Å²) in [5.41, 5.74) is 0. The fourth-order valence-corrected chi connectivity index (χ4v) is 0.658. The lowest BCUT2D eigenvalue weighted by Gasteiger charge is -2.02. The Morgan fingerprint density at radius 3 is 2.30 bits per heavy atom. The van der Waals surface area contributed by atoms with Crippen LogP contribution in [0.5, 0.6) is 0 Å². The fraction of sp³-hybridized carbons (Fsp3) is 0.778. The van der Waals surface area contributed by atoms with Crippen LogP contribution in [0.3, 0.4) is 0 Å². The summed E-state index contributed by atoms with van der Waals surface area (Å²) in [6, 6.07) is 0. The second-order valence-corrected chi connectivity index (χ2v) is 3.20. The van der Waals surface area contributed by atoms with E-state index in [1.807, 2.05) is 6.92 Å². The van der Waals surface area contributed by atoms with E-state index in [2.05, 4.69) is 26.0 Å². The molecule has 1 N–H and O–H groups in total. The average molecular weight is 142 g/mol. The van der Waals surface area contributed by atoms with Crippen molar-refractivity contribution in [2.24, 2.45) is 11.8 Å². The van der Waals surface area contributed by atoms with Crippen LogP contribution in [0.25, 0.3) is 0 Å². The smallest absolute Gasteiger partial charge is 0.0459 e. The molecule has 0 saturated heterocycles. The molecule has 0 spiro atoms. The largest absolute Gasteiger partial charge is 0.396 e. The maximum Gasteiger partial charge on any atom is 0.0459 e. The predicted octanol–water partition coefficient (Wildman–Crippen LogP) is 2.22. The van der Waals surface area contributed by atoms with Gasteiger partial charge in [-0.05, 0) is 18.3 Å². The normalized spacial score (nSPS) is 14.9. The highest BCUT2D eigenvalue weighted by atomic mass is 16.3. The maximum atomic E-state index is 8.67. The van der Waals surface area contributed by atoms with Crippen molar-refractivity contribution in [3.8, 4) is 0 Å². The maximum absolute atomic E-state index is 8.67. The minimum Gasteiger partial charge on any atom is -0.396 e. The molecule has 0 aromatic rings. The molecule has 1 atom stereocenters. The minimum atomic E-state index is 0.294. The Balaban J connectivity index is 3.33. The molecule has 0 rings (SSSR count). The Bertz CT molecular complexity index is 94.9. The van der Waals surface area contributed by atoms with Gasteiger partial charge in [-0.25, -0.2) is 0 Å². The number of allylic oxidation sites excluding steroid dienone is 2. The van der Waals surface area contributed by atoms with Crippen molar-refractivity contribution in [3.63, 3.8) is 0 Å². The summed E-state index contributed by atoms with van der Waals surface area (Å²) < 4.78 is 0. The molecule has 0 bridgehead atoms. The lowest BCUT2D eigenvalue weighted by molar-refractivity contribution is 0.238. The average Bonchev–Trinajstić information content (AvgIpc) is 1.87. The third-order valence-corrected chi connectivity index (χ3v) is 1.37. The van der Waals surface area contributed by atoms with Gasteiger partial charge in [0.2, 0.25) is 0 Å². The van der Waals surface area contributed by atoms with Crippen LogP contribution in [0, 0.1) is 11.8 Å². The van der Waals surface area contributed by atoms with Gasteiger partial charge in [-0.15, -0.1) is 0 Å². The highest BCUT2D eigenvalue weighted by Gasteiger charge is 1.94. The summed E-state index contributed by atoms with van der Waals surface area (Å²) in [5.74, 6) is 1.04. The molecule has 10 heavy (non-hydrogen) atoms. The van der Waals surface area contributed by atoms with Gasteiger partial charge >= 0.3 is 0 Å². The molecule has 0 fully saturated rings. The van der Waals surface area contributed by atoms with Gasteiger partial charge in [-0.3, -0.25) is 0 Å². The van der Waals surface area contributed by atoms with E-state index in [9.17, 15) is 0 Å². The first-order valence-electron chi connectivity index (χ1n) is 3.94. The van der Waals surface area contributed by atoms with Gasteiger partial charge in [-0.1, -0.05) is 32.9 Å². The van der Waals surface area contributed by atoms with Crippen LogP contribution in [0.2, 0.25) is 0 Å². The van der Waals surface area contributed by atoms with Crippen molar-refractivity contribution in [3.05, 3.63) is 12.2 Å². The molecule has 0 aliphatic rings. The highest BCUT2D eigenvalue weighted by molar-refractivity contribution is 4.85. The number of hydrogen-bond donors (Lipinski definition) is 1. The third-order valence-electron chi connectivity index (χ3n) is 1.37. The SMILES string of the molecule is CC(C)C=CC[C@H](C)CO. The molecule has 0 aromatic carbocycles. The number of aliphatic hydroxyl groups is 1. The molecule has 0 saturated carbocycles. The van der Waals surface area contributed by atoms with Crippen LogP contribution in [-0.4, -0.2) is 11.7 Å². The number of aliphatic hydroxyl groups excluding tert-OH is 1. The van der Waals surface area contributed by atoms with E-state index < -0.39 is 0 Å². The lowest BCUT2D eigenvalue weighted by atomic mass is 10.1. The Morgan fingerprint density at radius 1 is 1.30 bits per heavy atom. The summed E-state index contributed by atoms with van der Waals surface area (Å²) in [6.07, 6.45) is 5.31. The summed E-state index contributed by atoms with van der Waals surface area (Å²) in [4.78, 5) is 0.